The molecular formula is C17H28ClFN2. The van der Waals surface area contributed by atoms with Crippen LogP contribution in [0.2, 0.25) is 0 Å². The summed E-state index contributed by atoms with van der Waals surface area (Å²) in [6, 6.07) is 7.16. The fourth-order valence-corrected chi connectivity index (χ4v) is 2.96. The highest BCUT2D eigenvalue weighted by Crippen LogP contribution is 2.33. The van der Waals surface area contributed by atoms with E-state index in [2.05, 4.69) is 31.4 Å². The first-order chi connectivity index (χ1) is 9.47. The molecular weight excluding hydrogens is 287 g/mol. The third-order valence-corrected chi connectivity index (χ3v) is 4.08. The van der Waals surface area contributed by atoms with Crippen molar-refractivity contribution in [2.45, 2.75) is 39.7 Å². The summed E-state index contributed by atoms with van der Waals surface area (Å²) in [6.45, 7) is 9.96. The van der Waals surface area contributed by atoms with Gasteiger partial charge in [0.05, 0.1) is 0 Å². The van der Waals surface area contributed by atoms with Crippen LogP contribution in [0.15, 0.2) is 24.3 Å². The van der Waals surface area contributed by atoms with Crippen molar-refractivity contribution in [3.05, 3.63) is 35.6 Å². The lowest BCUT2D eigenvalue weighted by Crippen LogP contribution is -2.40. The highest BCUT2D eigenvalue weighted by Gasteiger charge is 2.27. The summed E-state index contributed by atoms with van der Waals surface area (Å²) < 4.78 is 13.1. The second-order valence-electron chi connectivity index (χ2n) is 6.97. The highest BCUT2D eigenvalue weighted by atomic mass is 35.5. The zero-order valence-corrected chi connectivity index (χ0v) is 14.1. The van der Waals surface area contributed by atoms with Crippen molar-refractivity contribution < 1.29 is 4.39 Å². The Labute approximate surface area is 134 Å². The lowest BCUT2D eigenvalue weighted by atomic mass is 9.82. The predicted octanol–water partition coefficient (Wildman–Crippen LogP) is 3.92. The summed E-state index contributed by atoms with van der Waals surface area (Å²) in [7, 11) is 0. The second kappa shape index (κ2) is 8.11. The van der Waals surface area contributed by atoms with Crippen molar-refractivity contribution in [3.8, 4) is 0 Å². The minimum Gasteiger partial charge on any atom is -0.316 e. The summed E-state index contributed by atoms with van der Waals surface area (Å²) in [5, 5.41) is 7.16. The third kappa shape index (κ3) is 5.57. The molecule has 0 aromatic heterocycles. The minimum atomic E-state index is -0.169. The molecule has 1 aromatic rings. The number of benzene rings is 1. The molecule has 2 atom stereocenters. The van der Waals surface area contributed by atoms with E-state index in [4.69, 9.17) is 0 Å². The highest BCUT2D eigenvalue weighted by molar-refractivity contribution is 5.85. The molecule has 1 aliphatic heterocycles. The fraction of sp³-hybridized carbons (Fsp3) is 0.647. The average Bonchev–Trinajstić information content (AvgIpc) is 2.41. The van der Waals surface area contributed by atoms with Gasteiger partial charge in [-0.1, -0.05) is 32.9 Å². The molecule has 1 fully saturated rings. The van der Waals surface area contributed by atoms with Gasteiger partial charge in [0, 0.05) is 6.04 Å². The number of halogens is 2. The quantitative estimate of drug-likeness (QED) is 0.880. The summed E-state index contributed by atoms with van der Waals surface area (Å²) in [5.74, 6) is 0.534. The standard InChI is InChI=1S/C17H27FN2.ClH/c1-17(2,3)16(14-6-8-15(18)9-7-14)20-12-13-5-4-10-19-11-13;/h6-9,13,16,19-20H,4-5,10-12H2,1-3H3;1H. The van der Waals surface area contributed by atoms with Crippen LogP contribution in [0.5, 0.6) is 0 Å². The van der Waals surface area contributed by atoms with Gasteiger partial charge in [-0.05, 0) is 61.5 Å². The van der Waals surface area contributed by atoms with Gasteiger partial charge in [0.2, 0.25) is 0 Å². The van der Waals surface area contributed by atoms with Crippen LogP contribution in [0.3, 0.4) is 0 Å². The van der Waals surface area contributed by atoms with E-state index < -0.39 is 0 Å². The maximum absolute atomic E-state index is 13.1. The zero-order chi connectivity index (χ0) is 14.6. The van der Waals surface area contributed by atoms with Gasteiger partial charge in [-0.2, -0.15) is 0 Å². The van der Waals surface area contributed by atoms with Gasteiger partial charge in [-0.3, -0.25) is 0 Å². The first-order valence-corrected chi connectivity index (χ1v) is 7.66. The summed E-state index contributed by atoms with van der Waals surface area (Å²) >= 11 is 0. The fourth-order valence-electron chi connectivity index (χ4n) is 2.96. The van der Waals surface area contributed by atoms with Crippen LogP contribution in [0, 0.1) is 17.2 Å². The Bertz CT molecular complexity index is 408. The van der Waals surface area contributed by atoms with Gasteiger partial charge >= 0.3 is 0 Å². The first-order valence-electron chi connectivity index (χ1n) is 7.66. The molecule has 2 rings (SSSR count). The first kappa shape index (κ1) is 18.4. The molecule has 2 N–H and O–H groups in total. The molecule has 120 valence electrons. The van der Waals surface area contributed by atoms with Crippen LogP contribution in [0.4, 0.5) is 4.39 Å². The normalized spacial score (nSPS) is 20.7. The number of nitrogens with one attached hydrogen (secondary N) is 2. The van der Waals surface area contributed by atoms with Gasteiger partial charge in [0.25, 0.3) is 0 Å². The van der Waals surface area contributed by atoms with Crippen LogP contribution in [0.25, 0.3) is 0 Å². The molecule has 0 spiro atoms. The SMILES string of the molecule is CC(C)(C)C(NCC1CCCNC1)c1ccc(F)cc1.Cl. The maximum atomic E-state index is 13.1. The number of hydrogen-bond donors (Lipinski definition) is 2. The number of rotatable bonds is 4. The Morgan fingerprint density at radius 1 is 1.29 bits per heavy atom. The maximum Gasteiger partial charge on any atom is 0.123 e. The minimum absolute atomic E-state index is 0. The van der Waals surface area contributed by atoms with Crippen LogP contribution in [-0.4, -0.2) is 19.6 Å². The molecule has 2 unspecified atom stereocenters. The van der Waals surface area contributed by atoms with E-state index in [0.717, 1.165) is 19.6 Å². The van der Waals surface area contributed by atoms with Crippen LogP contribution in [-0.2, 0) is 0 Å². The van der Waals surface area contributed by atoms with Crippen molar-refractivity contribution >= 4 is 12.4 Å². The molecule has 1 aromatic carbocycles. The molecule has 0 saturated carbocycles. The van der Waals surface area contributed by atoms with Crippen molar-refractivity contribution in [3.63, 3.8) is 0 Å². The smallest absolute Gasteiger partial charge is 0.123 e. The zero-order valence-electron chi connectivity index (χ0n) is 13.3. The van der Waals surface area contributed by atoms with Crippen LogP contribution >= 0.6 is 12.4 Å². The molecule has 21 heavy (non-hydrogen) atoms. The van der Waals surface area contributed by atoms with E-state index in [0.29, 0.717) is 5.92 Å². The van der Waals surface area contributed by atoms with Crippen LogP contribution < -0.4 is 10.6 Å². The van der Waals surface area contributed by atoms with E-state index >= 15 is 0 Å². The van der Waals surface area contributed by atoms with Crippen molar-refractivity contribution in [1.82, 2.24) is 10.6 Å². The van der Waals surface area contributed by atoms with Crippen molar-refractivity contribution in [2.75, 3.05) is 19.6 Å². The molecule has 1 heterocycles. The number of piperidine rings is 1. The lowest BCUT2D eigenvalue weighted by molar-refractivity contribution is 0.247. The van der Waals surface area contributed by atoms with Gasteiger partial charge < -0.3 is 10.6 Å². The molecule has 1 aliphatic rings. The van der Waals surface area contributed by atoms with E-state index in [9.17, 15) is 4.39 Å². The summed E-state index contributed by atoms with van der Waals surface area (Å²) in [5.41, 5.74) is 1.28. The van der Waals surface area contributed by atoms with E-state index in [1.54, 1.807) is 12.1 Å². The molecule has 0 amide bonds. The van der Waals surface area contributed by atoms with Crippen LogP contribution in [0.1, 0.15) is 45.2 Å². The summed E-state index contributed by atoms with van der Waals surface area (Å²) in [6.07, 6.45) is 2.56. The largest absolute Gasteiger partial charge is 0.316 e. The Hall–Kier alpha value is -0.640. The van der Waals surface area contributed by atoms with E-state index in [1.807, 2.05) is 12.1 Å². The lowest BCUT2D eigenvalue weighted by Gasteiger charge is -2.34. The Balaban J connectivity index is 0.00000220. The Morgan fingerprint density at radius 3 is 2.48 bits per heavy atom. The van der Waals surface area contributed by atoms with Gasteiger partial charge in [0.15, 0.2) is 0 Å². The van der Waals surface area contributed by atoms with Crippen molar-refractivity contribution in [1.29, 1.82) is 0 Å². The Kier molecular flexibility index (Phi) is 7.11. The predicted molar refractivity (Wildman–Crippen MR) is 89.4 cm³/mol. The molecule has 0 bridgehead atoms. The molecule has 0 radical (unpaired) electrons. The monoisotopic (exact) mass is 314 g/mol. The topological polar surface area (TPSA) is 24.1 Å². The number of hydrogen-bond acceptors (Lipinski definition) is 2. The second-order valence-corrected chi connectivity index (χ2v) is 6.97. The van der Waals surface area contributed by atoms with E-state index in [-0.39, 0.29) is 29.7 Å². The molecule has 4 heteroatoms. The summed E-state index contributed by atoms with van der Waals surface area (Å²) in [4.78, 5) is 0. The molecule has 2 nitrogen and oxygen atoms in total. The van der Waals surface area contributed by atoms with Gasteiger partial charge in [-0.25, -0.2) is 4.39 Å². The average molecular weight is 315 g/mol. The van der Waals surface area contributed by atoms with Gasteiger partial charge in [-0.15, -0.1) is 12.4 Å². The third-order valence-electron chi connectivity index (χ3n) is 4.08. The van der Waals surface area contributed by atoms with Gasteiger partial charge in [0.1, 0.15) is 5.82 Å². The van der Waals surface area contributed by atoms with Crippen molar-refractivity contribution in [2.24, 2.45) is 11.3 Å². The Morgan fingerprint density at radius 2 is 1.95 bits per heavy atom. The molecule has 0 aliphatic carbocycles. The molecule has 1 saturated heterocycles. The van der Waals surface area contributed by atoms with E-state index in [1.165, 1.54) is 18.4 Å².